The molecule has 0 fully saturated rings. The first-order valence-electron chi connectivity index (χ1n) is 6.12. The Balaban J connectivity index is 1.83. The van der Waals surface area contributed by atoms with Gasteiger partial charge in [-0.3, -0.25) is 0 Å². The first-order chi connectivity index (χ1) is 8.66. The van der Waals surface area contributed by atoms with Crippen molar-refractivity contribution < 1.29 is 0 Å². The molecule has 0 spiro atoms. The SMILES string of the molecule is CC(NCCc1nccn1C)c1ccc(Cl)cc1. The van der Waals surface area contributed by atoms with E-state index < -0.39 is 0 Å². The Morgan fingerprint density at radius 3 is 2.67 bits per heavy atom. The third-order valence-corrected chi connectivity index (χ3v) is 3.34. The molecule has 0 aliphatic carbocycles. The zero-order chi connectivity index (χ0) is 13.0. The molecule has 1 unspecified atom stereocenters. The number of aryl methyl sites for hydroxylation is 1. The zero-order valence-electron chi connectivity index (χ0n) is 10.7. The summed E-state index contributed by atoms with van der Waals surface area (Å²) < 4.78 is 2.05. The van der Waals surface area contributed by atoms with Crippen LogP contribution in [-0.4, -0.2) is 16.1 Å². The van der Waals surface area contributed by atoms with Crippen molar-refractivity contribution in [1.82, 2.24) is 14.9 Å². The average Bonchev–Trinajstić information content (AvgIpc) is 2.76. The van der Waals surface area contributed by atoms with Gasteiger partial charge in [-0.05, 0) is 24.6 Å². The normalized spacial score (nSPS) is 12.6. The van der Waals surface area contributed by atoms with Gasteiger partial charge in [0.2, 0.25) is 0 Å². The summed E-state index contributed by atoms with van der Waals surface area (Å²) in [5.74, 6) is 1.10. The number of halogens is 1. The molecule has 1 aromatic carbocycles. The third kappa shape index (κ3) is 3.34. The molecule has 4 heteroatoms. The van der Waals surface area contributed by atoms with Gasteiger partial charge in [-0.15, -0.1) is 0 Å². The van der Waals surface area contributed by atoms with E-state index in [0.29, 0.717) is 6.04 Å². The number of imidazole rings is 1. The Morgan fingerprint density at radius 2 is 2.06 bits per heavy atom. The van der Waals surface area contributed by atoms with Crippen molar-refractivity contribution in [3.8, 4) is 0 Å². The quantitative estimate of drug-likeness (QED) is 0.899. The van der Waals surface area contributed by atoms with Crippen molar-refractivity contribution in [2.75, 3.05) is 6.54 Å². The molecule has 0 saturated heterocycles. The van der Waals surface area contributed by atoms with E-state index in [4.69, 9.17) is 11.6 Å². The van der Waals surface area contributed by atoms with E-state index in [1.54, 1.807) is 0 Å². The molecule has 1 N–H and O–H groups in total. The Hall–Kier alpha value is -1.32. The van der Waals surface area contributed by atoms with Crippen LogP contribution < -0.4 is 5.32 Å². The summed E-state index contributed by atoms with van der Waals surface area (Å²) in [6, 6.07) is 8.28. The standard InChI is InChI=1S/C14H18ClN3/c1-11(12-3-5-13(15)6-4-12)16-8-7-14-17-9-10-18(14)2/h3-6,9-11,16H,7-8H2,1-2H3. The number of aromatic nitrogens is 2. The van der Waals surface area contributed by atoms with Gasteiger partial charge in [0, 0.05) is 43.5 Å². The molecule has 3 nitrogen and oxygen atoms in total. The fourth-order valence-corrected chi connectivity index (χ4v) is 2.03. The first kappa shape index (κ1) is 13.1. The van der Waals surface area contributed by atoms with Gasteiger partial charge < -0.3 is 9.88 Å². The fourth-order valence-electron chi connectivity index (χ4n) is 1.91. The highest BCUT2D eigenvalue weighted by atomic mass is 35.5. The minimum Gasteiger partial charge on any atom is -0.338 e. The van der Waals surface area contributed by atoms with Crippen LogP contribution in [-0.2, 0) is 13.5 Å². The minimum atomic E-state index is 0.322. The molecule has 2 aromatic rings. The lowest BCUT2D eigenvalue weighted by molar-refractivity contribution is 0.565. The number of hydrogen-bond donors (Lipinski definition) is 1. The molecule has 0 bridgehead atoms. The minimum absolute atomic E-state index is 0.322. The molecular formula is C14H18ClN3. The maximum atomic E-state index is 5.87. The summed E-state index contributed by atoms with van der Waals surface area (Å²) in [6.07, 6.45) is 4.73. The summed E-state index contributed by atoms with van der Waals surface area (Å²) in [6.45, 7) is 3.07. The summed E-state index contributed by atoms with van der Waals surface area (Å²) in [4.78, 5) is 4.30. The van der Waals surface area contributed by atoms with Crippen LogP contribution in [0.5, 0.6) is 0 Å². The largest absolute Gasteiger partial charge is 0.338 e. The van der Waals surface area contributed by atoms with Gasteiger partial charge in [0.1, 0.15) is 5.82 Å². The number of nitrogens with one attached hydrogen (secondary N) is 1. The van der Waals surface area contributed by atoms with E-state index >= 15 is 0 Å². The highest BCUT2D eigenvalue weighted by Crippen LogP contribution is 2.15. The molecule has 0 aliphatic heterocycles. The van der Waals surface area contributed by atoms with Crippen LogP contribution in [0.2, 0.25) is 5.02 Å². The zero-order valence-corrected chi connectivity index (χ0v) is 11.5. The lowest BCUT2D eigenvalue weighted by Gasteiger charge is -2.14. The second kappa shape index (κ2) is 6.03. The van der Waals surface area contributed by atoms with Crippen molar-refractivity contribution in [2.45, 2.75) is 19.4 Å². The second-order valence-electron chi connectivity index (χ2n) is 4.43. The van der Waals surface area contributed by atoms with E-state index in [1.165, 1.54) is 5.56 Å². The van der Waals surface area contributed by atoms with E-state index in [1.807, 2.05) is 31.6 Å². The number of benzene rings is 1. The molecule has 0 amide bonds. The Labute approximate surface area is 113 Å². The monoisotopic (exact) mass is 263 g/mol. The molecule has 18 heavy (non-hydrogen) atoms. The molecule has 1 aromatic heterocycles. The highest BCUT2D eigenvalue weighted by Gasteiger charge is 2.05. The van der Waals surface area contributed by atoms with E-state index in [0.717, 1.165) is 23.8 Å². The predicted octanol–water partition coefficient (Wildman–Crippen LogP) is 2.97. The van der Waals surface area contributed by atoms with E-state index in [9.17, 15) is 0 Å². The summed E-state index contributed by atoms with van der Waals surface area (Å²) in [7, 11) is 2.02. The molecule has 0 saturated carbocycles. The van der Waals surface area contributed by atoms with Crippen LogP contribution in [0.15, 0.2) is 36.7 Å². The van der Waals surface area contributed by atoms with Gasteiger partial charge in [-0.25, -0.2) is 4.98 Å². The van der Waals surface area contributed by atoms with Crippen molar-refractivity contribution in [3.05, 3.63) is 53.1 Å². The summed E-state index contributed by atoms with van der Waals surface area (Å²) >= 11 is 5.87. The van der Waals surface area contributed by atoms with Crippen LogP contribution >= 0.6 is 11.6 Å². The lowest BCUT2D eigenvalue weighted by Crippen LogP contribution is -2.22. The number of rotatable bonds is 5. The summed E-state index contributed by atoms with van der Waals surface area (Å²) in [5, 5.41) is 4.26. The van der Waals surface area contributed by atoms with Gasteiger partial charge in [0.25, 0.3) is 0 Å². The Morgan fingerprint density at radius 1 is 1.33 bits per heavy atom. The number of nitrogens with zero attached hydrogens (tertiary/aromatic N) is 2. The maximum absolute atomic E-state index is 5.87. The van der Waals surface area contributed by atoms with E-state index in [-0.39, 0.29) is 0 Å². The van der Waals surface area contributed by atoms with Crippen molar-refractivity contribution in [2.24, 2.45) is 7.05 Å². The first-order valence-corrected chi connectivity index (χ1v) is 6.49. The molecular weight excluding hydrogens is 246 g/mol. The van der Waals surface area contributed by atoms with Crippen LogP contribution in [0.4, 0.5) is 0 Å². The second-order valence-corrected chi connectivity index (χ2v) is 4.87. The Kier molecular flexibility index (Phi) is 4.39. The van der Waals surface area contributed by atoms with Gasteiger partial charge in [-0.2, -0.15) is 0 Å². The van der Waals surface area contributed by atoms with Gasteiger partial charge in [0.15, 0.2) is 0 Å². The number of hydrogen-bond acceptors (Lipinski definition) is 2. The van der Waals surface area contributed by atoms with Gasteiger partial charge in [-0.1, -0.05) is 23.7 Å². The molecule has 0 aliphatic rings. The van der Waals surface area contributed by atoms with Crippen molar-refractivity contribution >= 4 is 11.6 Å². The molecule has 0 radical (unpaired) electrons. The third-order valence-electron chi connectivity index (χ3n) is 3.09. The van der Waals surface area contributed by atoms with Crippen molar-refractivity contribution in [1.29, 1.82) is 0 Å². The van der Waals surface area contributed by atoms with Crippen molar-refractivity contribution in [3.63, 3.8) is 0 Å². The van der Waals surface area contributed by atoms with Gasteiger partial charge >= 0.3 is 0 Å². The molecule has 2 rings (SSSR count). The Bertz CT molecular complexity index is 490. The molecule has 1 atom stereocenters. The smallest absolute Gasteiger partial charge is 0.109 e. The predicted molar refractivity (Wildman–Crippen MR) is 74.8 cm³/mol. The fraction of sp³-hybridized carbons (Fsp3) is 0.357. The lowest BCUT2D eigenvalue weighted by atomic mass is 10.1. The summed E-state index contributed by atoms with van der Waals surface area (Å²) in [5.41, 5.74) is 1.25. The average molecular weight is 264 g/mol. The van der Waals surface area contributed by atoms with Crippen LogP contribution in [0, 0.1) is 0 Å². The molecule has 1 heterocycles. The van der Waals surface area contributed by atoms with Crippen LogP contribution in [0.1, 0.15) is 24.4 Å². The van der Waals surface area contributed by atoms with Gasteiger partial charge in [0.05, 0.1) is 0 Å². The van der Waals surface area contributed by atoms with E-state index in [2.05, 4.69) is 33.9 Å². The van der Waals surface area contributed by atoms with Crippen LogP contribution in [0.3, 0.4) is 0 Å². The molecule has 96 valence electrons. The topological polar surface area (TPSA) is 29.9 Å². The van der Waals surface area contributed by atoms with Crippen LogP contribution in [0.25, 0.3) is 0 Å². The maximum Gasteiger partial charge on any atom is 0.109 e. The highest BCUT2D eigenvalue weighted by molar-refractivity contribution is 6.30.